The number of anilines is 2. The fourth-order valence-electron chi connectivity index (χ4n) is 2.70. The molecule has 2 heterocycles. The van der Waals surface area contributed by atoms with E-state index >= 15 is 0 Å². The van der Waals surface area contributed by atoms with E-state index in [0.29, 0.717) is 24.6 Å². The number of aryl methyl sites for hydroxylation is 2. The average molecular weight is 286 g/mol. The quantitative estimate of drug-likeness (QED) is 0.871. The summed E-state index contributed by atoms with van der Waals surface area (Å²) in [7, 11) is 0. The van der Waals surface area contributed by atoms with E-state index in [2.05, 4.69) is 10.1 Å². The van der Waals surface area contributed by atoms with Crippen molar-refractivity contribution < 1.29 is 9.32 Å². The van der Waals surface area contributed by atoms with Crippen molar-refractivity contribution in [3.05, 3.63) is 35.5 Å². The van der Waals surface area contributed by atoms with Crippen LogP contribution in [0.2, 0.25) is 0 Å². The second-order valence-electron chi connectivity index (χ2n) is 5.23. The second-order valence-corrected chi connectivity index (χ2v) is 5.23. The largest absolute Gasteiger partial charge is 0.398 e. The summed E-state index contributed by atoms with van der Waals surface area (Å²) in [4.78, 5) is 18.4. The van der Waals surface area contributed by atoms with Crippen molar-refractivity contribution in [2.24, 2.45) is 0 Å². The van der Waals surface area contributed by atoms with Gasteiger partial charge in [-0.15, -0.1) is 0 Å². The smallest absolute Gasteiger partial charge is 0.227 e. The van der Waals surface area contributed by atoms with Gasteiger partial charge in [0.05, 0.1) is 0 Å². The topological polar surface area (TPSA) is 85.2 Å². The zero-order chi connectivity index (χ0) is 14.8. The van der Waals surface area contributed by atoms with Crippen LogP contribution in [0.15, 0.2) is 22.7 Å². The number of hydrogen-bond donors (Lipinski definition) is 1. The predicted molar refractivity (Wildman–Crippen MR) is 78.9 cm³/mol. The third-order valence-corrected chi connectivity index (χ3v) is 3.71. The highest BCUT2D eigenvalue weighted by Crippen LogP contribution is 2.31. The summed E-state index contributed by atoms with van der Waals surface area (Å²) in [6, 6.07) is 5.73. The minimum Gasteiger partial charge on any atom is -0.398 e. The number of nitrogens with two attached hydrogens (primary N) is 1. The predicted octanol–water partition coefficient (Wildman–Crippen LogP) is 1.87. The molecular weight excluding hydrogens is 268 g/mol. The van der Waals surface area contributed by atoms with Crippen molar-refractivity contribution >= 4 is 17.3 Å². The highest BCUT2D eigenvalue weighted by molar-refractivity contribution is 5.95. The number of benzene rings is 1. The molecule has 0 atom stereocenters. The number of hydrogen-bond acceptors (Lipinski definition) is 5. The van der Waals surface area contributed by atoms with Gasteiger partial charge in [0, 0.05) is 30.8 Å². The van der Waals surface area contributed by atoms with Crippen molar-refractivity contribution in [2.45, 2.75) is 32.6 Å². The Labute approximate surface area is 122 Å². The summed E-state index contributed by atoms with van der Waals surface area (Å²) in [5, 5.41) is 3.73. The van der Waals surface area contributed by atoms with E-state index in [1.807, 2.05) is 23.1 Å². The van der Waals surface area contributed by atoms with Crippen LogP contribution in [0.5, 0.6) is 0 Å². The van der Waals surface area contributed by atoms with Crippen LogP contribution in [0.25, 0.3) is 0 Å². The molecular formula is C15H18N4O2. The Morgan fingerprint density at radius 1 is 1.48 bits per heavy atom. The van der Waals surface area contributed by atoms with Crippen molar-refractivity contribution in [3.63, 3.8) is 0 Å². The molecule has 0 saturated carbocycles. The zero-order valence-electron chi connectivity index (χ0n) is 12.0. The monoisotopic (exact) mass is 286 g/mol. The lowest BCUT2D eigenvalue weighted by Gasteiger charge is -2.30. The van der Waals surface area contributed by atoms with Crippen LogP contribution in [0.3, 0.4) is 0 Å². The molecule has 0 unspecified atom stereocenters. The van der Waals surface area contributed by atoms with Gasteiger partial charge in [-0.25, -0.2) is 0 Å². The Kier molecular flexibility index (Phi) is 3.60. The van der Waals surface area contributed by atoms with E-state index < -0.39 is 0 Å². The van der Waals surface area contributed by atoms with Gasteiger partial charge in [-0.2, -0.15) is 4.98 Å². The first-order valence-electron chi connectivity index (χ1n) is 7.12. The van der Waals surface area contributed by atoms with Crippen LogP contribution in [0.1, 0.15) is 30.1 Å². The zero-order valence-corrected chi connectivity index (χ0v) is 12.0. The van der Waals surface area contributed by atoms with E-state index in [1.54, 1.807) is 6.92 Å². The molecule has 1 aliphatic rings. The molecule has 0 bridgehead atoms. The number of nitrogen functional groups attached to an aromatic ring is 1. The van der Waals surface area contributed by atoms with E-state index in [0.717, 1.165) is 36.3 Å². The van der Waals surface area contributed by atoms with Gasteiger partial charge in [0.2, 0.25) is 11.8 Å². The van der Waals surface area contributed by atoms with E-state index in [-0.39, 0.29) is 5.91 Å². The summed E-state index contributed by atoms with van der Waals surface area (Å²) in [5.74, 6) is 1.16. The number of rotatable bonds is 3. The number of amides is 1. The number of aromatic nitrogens is 2. The van der Waals surface area contributed by atoms with Gasteiger partial charge < -0.3 is 15.2 Å². The lowest BCUT2D eigenvalue weighted by Crippen LogP contribution is -2.35. The minimum atomic E-state index is 0.0670. The molecule has 1 amide bonds. The molecule has 21 heavy (non-hydrogen) atoms. The molecule has 1 aromatic carbocycles. The summed E-state index contributed by atoms with van der Waals surface area (Å²) in [6.07, 6.45) is 2.69. The van der Waals surface area contributed by atoms with Gasteiger partial charge in [-0.05, 0) is 37.5 Å². The molecule has 6 heteroatoms. The summed E-state index contributed by atoms with van der Waals surface area (Å²) in [5.41, 5.74) is 8.77. The summed E-state index contributed by atoms with van der Waals surface area (Å²) < 4.78 is 5.04. The average Bonchev–Trinajstić information content (AvgIpc) is 2.90. The standard InChI is InChI=1S/C15H18N4O2/c1-10-17-14(21-18-10)7-8-15(20)19-9-3-4-11-12(16)5-2-6-13(11)19/h2,5-6H,3-4,7-9,16H2,1H3. The molecule has 0 fully saturated rings. The van der Waals surface area contributed by atoms with Crippen molar-refractivity contribution in [2.75, 3.05) is 17.2 Å². The van der Waals surface area contributed by atoms with Gasteiger partial charge in [-0.1, -0.05) is 11.2 Å². The van der Waals surface area contributed by atoms with E-state index in [1.165, 1.54) is 0 Å². The Morgan fingerprint density at radius 2 is 2.33 bits per heavy atom. The van der Waals surface area contributed by atoms with Gasteiger partial charge in [0.1, 0.15) is 0 Å². The molecule has 0 spiro atoms. The maximum Gasteiger partial charge on any atom is 0.227 e. The third-order valence-electron chi connectivity index (χ3n) is 3.71. The molecule has 3 rings (SSSR count). The fourth-order valence-corrected chi connectivity index (χ4v) is 2.70. The molecule has 110 valence electrons. The Balaban J connectivity index is 1.73. The lowest BCUT2D eigenvalue weighted by molar-refractivity contribution is -0.118. The first-order valence-corrected chi connectivity index (χ1v) is 7.12. The Morgan fingerprint density at radius 3 is 3.10 bits per heavy atom. The number of fused-ring (bicyclic) bond motifs is 1. The van der Waals surface area contributed by atoms with Crippen molar-refractivity contribution in [1.82, 2.24) is 10.1 Å². The first kappa shape index (κ1) is 13.6. The molecule has 2 N–H and O–H groups in total. The molecule has 1 aliphatic heterocycles. The van der Waals surface area contributed by atoms with Gasteiger partial charge in [0.25, 0.3) is 0 Å². The lowest BCUT2D eigenvalue weighted by atomic mass is 9.99. The summed E-state index contributed by atoms with van der Waals surface area (Å²) in [6.45, 7) is 2.50. The molecule has 1 aromatic heterocycles. The van der Waals surface area contributed by atoms with Crippen molar-refractivity contribution in [1.29, 1.82) is 0 Å². The molecule has 6 nitrogen and oxygen atoms in total. The van der Waals surface area contributed by atoms with Crippen LogP contribution in [0.4, 0.5) is 11.4 Å². The highest BCUT2D eigenvalue weighted by atomic mass is 16.5. The highest BCUT2D eigenvalue weighted by Gasteiger charge is 2.23. The number of nitrogens with zero attached hydrogens (tertiary/aromatic N) is 3. The van der Waals surface area contributed by atoms with Crippen LogP contribution in [-0.2, 0) is 17.6 Å². The first-order chi connectivity index (χ1) is 10.1. The Hall–Kier alpha value is -2.37. The molecule has 0 aliphatic carbocycles. The van der Waals surface area contributed by atoms with Gasteiger partial charge in [-0.3, -0.25) is 4.79 Å². The maximum atomic E-state index is 12.4. The van der Waals surface area contributed by atoms with Crippen LogP contribution < -0.4 is 10.6 Å². The normalized spacial score (nSPS) is 14.0. The van der Waals surface area contributed by atoms with E-state index in [4.69, 9.17) is 10.3 Å². The number of carbonyl (C=O) groups excluding carboxylic acids is 1. The van der Waals surface area contributed by atoms with Crippen LogP contribution in [-0.4, -0.2) is 22.6 Å². The van der Waals surface area contributed by atoms with Crippen molar-refractivity contribution in [3.8, 4) is 0 Å². The SMILES string of the molecule is Cc1noc(CCC(=O)N2CCCc3c(N)cccc32)n1. The Bertz CT molecular complexity index is 665. The molecule has 2 aromatic rings. The van der Waals surface area contributed by atoms with E-state index in [9.17, 15) is 4.79 Å². The molecule has 0 saturated heterocycles. The second kappa shape index (κ2) is 5.55. The van der Waals surface area contributed by atoms with Gasteiger partial charge in [0.15, 0.2) is 5.82 Å². The molecule has 0 radical (unpaired) electrons. The third kappa shape index (κ3) is 2.74. The van der Waals surface area contributed by atoms with Gasteiger partial charge >= 0.3 is 0 Å². The van der Waals surface area contributed by atoms with Crippen LogP contribution in [0, 0.1) is 6.92 Å². The van der Waals surface area contributed by atoms with Crippen LogP contribution >= 0.6 is 0 Å². The fraction of sp³-hybridized carbons (Fsp3) is 0.400. The minimum absolute atomic E-state index is 0.0670. The number of carbonyl (C=O) groups is 1. The summed E-state index contributed by atoms with van der Waals surface area (Å²) >= 11 is 0. The maximum absolute atomic E-state index is 12.4.